The highest BCUT2D eigenvalue weighted by Crippen LogP contribution is 2.11. The minimum atomic E-state index is -0.317. The van der Waals surface area contributed by atoms with E-state index in [1.807, 2.05) is 31.1 Å². The zero-order valence-electron chi connectivity index (χ0n) is 9.78. The van der Waals surface area contributed by atoms with Gasteiger partial charge in [-0.1, -0.05) is 28.1 Å². The summed E-state index contributed by atoms with van der Waals surface area (Å²) in [6, 6.07) is 8.16. The standard InChI is InChI=1S/C12H19BrN2O/c1-15(2)9-12(16)8-14-7-10-4-3-5-11(13)6-10/h3-6,12,14,16H,7-9H2,1-2H3. The fourth-order valence-electron chi connectivity index (χ4n) is 1.52. The van der Waals surface area contributed by atoms with Gasteiger partial charge in [-0.05, 0) is 31.8 Å². The summed E-state index contributed by atoms with van der Waals surface area (Å²) in [5.74, 6) is 0. The normalized spacial score (nSPS) is 13.1. The van der Waals surface area contributed by atoms with Crippen LogP contribution >= 0.6 is 15.9 Å². The van der Waals surface area contributed by atoms with Gasteiger partial charge >= 0.3 is 0 Å². The first-order chi connectivity index (χ1) is 7.58. The van der Waals surface area contributed by atoms with Crippen molar-refractivity contribution < 1.29 is 5.11 Å². The average molecular weight is 287 g/mol. The summed E-state index contributed by atoms with van der Waals surface area (Å²) in [5.41, 5.74) is 1.21. The highest BCUT2D eigenvalue weighted by molar-refractivity contribution is 9.10. The Labute approximate surface area is 106 Å². The van der Waals surface area contributed by atoms with E-state index in [4.69, 9.17) is 0 Å². The molecule has 1 rings (SSSR count). The first kappa shape index (κ1) is 13.6. The van der Waals surface area contributed by atoms with Crippen molar-refractivity contribution in [2.24, 2.45) is 0 Å². The number of rotatable bonds is 6. The number of halogens is 1. The molecule has 0 aromatic heterocycles. The van der Waals surface area contributed by atoms with Crippen LogP contribution in [0.5, 0.6) is 0 Å². The van der Waals surface area contributed by atoms with Crippen LogP contribution in [0, 0.1) is 0 Å². The van der Waals surface area contributed by atoms with Crippen molar-refractivity contribution >= 4 is 15.9 Å². The van der Waals surface area contributed by atoms with Crippen LogP contribution in [-0.4, -0.2) is 43.3 Å². The van der Waals surface area contributed by atoms with Crippen molar-refractivity contribution in [1.29, 1.82) is 0 Å². The van der Waals surface area contributed by atoms with Crippen molar-refractivity contribution in [3.63, 3.8) is 0 Å². The SMILES string of the molecule is CN(C)CC(O)CNCc1cccc(Br)c1. The number of nitrogens with one attached hydrogen (secondary N) is 1. The van der Waals surface area contributed by atoms with Gasteiger partial charge in [0.05, 0.1) is 6.10 Å². The first-order valence-corrected chi connectivity index (χ1v) is 6.15. The lowest BCUT2D eigenvalue weighted by Gasteiger charge is -2.16. The molecule has 1 aromatic carbocycles. The van der Waals surface area contributed by atoms with Gasteiger partial charge in [0.15, 0.2) is 0 Å². The third kappa shape index (κ3) is 5.61. The molecule has 0 spiro atoms. The fourth-order valence-corrected chi connectivity index (χ4v) is 1.96. The topological polar surface area (TPSA) is 35.5 Å². The number of hydrogen-bond donors (Lipinski definition) is 2. The van der Waals surface area contributed by atoms with Crippen LogP contribution in [0.4, 0.5) is 0 Å². The van der Waals surface area contributed by atoms with Crippen LogP contribution in [0.1, 0.15) is 5.56 Å². The first-order valence-electron chi connectivity index (χ1n) is 5.36. The Hall–Kier alpha value is -0.420. The van der Waals surface area contributed by atoms with Crippen LogP contribution in [0.15, 0.2) is 28.7 Å². The second kappa shape index (κ2) is 7.01. The molecular weight excluding hydrogens is 268 g/mol. The second-order valence-corrected chi connectivity index (χ2v) is 5.09. The molecule has 0 heterocycles. The van der Waals surface area contributed by atoms with Crippen molar-refractivity contribution in [3.8, 4) is 0 Å². The highest BCUT2D eigenvalue weighted by Gasteiger charge is 2.04. The molecule has 2 N–H and O–H groups in total. The maximum Gasteiger partial charge on any atom is 0.0791 e. The lowest BCUT2D eigenvalue weighted by Crippen LogP contribution is -2.34. The molecule has 0 amide bonds. The Kier molecular flexibility index (Phi) is 5.98. The summed E-state index contributed by atoms with van der Waals surface area (Å²) in [7, 11) is 3.91. The summed E-state index contributed by atoms with van der Waals surface area (Å²) >= 11 is 3.43. The molecule has 0 radical (unpaired) electrons. The average Bonchev–Trinajstić information content (AvgIpc) is 2.16. The molecule has 3 nitrogen and oxygen atoms in total. The Morgan fingerprint density at radius 2 is 2.19 bits per heavy atom. The van der Waals surface area contributed by atoms with Crippen molar-refractivity contribution in [2.75, 3.05) is 27.2 Å². The zero-order chi connectivity index (χ0) is 12.0. The van der Waals surface area contributed by atoms with Gasteiger partial charge in [-0.3, -0.25) is 0 Å². The summed E-state index contributed by atoms with van der Waals surface area (Å²) in [6.45, 7) is 2.08. The Morgan fingerprint density at radius 3 is 2.81 bits per heavy atom. The van der Waals surface area contributed by atoms with Gasteiger partial charge in [0.25, 0.3) is 0 Å². The van der Waals surface area contributed by atoms with E-state index in [9.17, 15) is 5.11 Å². The van der Waals surface area contributed by atoms with E-state index in [1.165, 1.54) is 5.56 Å². The van der Waals surface area contributed by atoms with Crippen molar-refractivity contribution in [1.82, 2.24) is 10.2 Å². The van der Waals surface area contributed by atoms with Gasteiger partial charge in [-0.25, -0.2) is 0 Å². The van der Waals surface area contributed by atoms with Crippen LogP contribution < -0.4 is 5.32 Å². The summed E-state index contributed by atoms with van der Waals surface area (Å²) in [6.07, 6.45) is -0.317. The fraction of sp³-hybridized carbons (Fsp3) is 0.500. The molecule has 0 saturated carbocycles. The Balaban J connectivity index is 2.25. The van der Waals surface area contributed by atoms with E-state index in [0.29, 0.717) is 13.1 Å². The predicted octanol–water partition coefficient (Wildman–Crippen LogP) is 1.46. The van der Waals surface area contributed by atoms with Crippen LogP contribution in [0.3, 0.4) is 0 Å². The number of likely N-dealkylation sites (N-methyl/N-ethyl adjacent to an activating group) is 1. The molecule has 1 unspecified atom stereocenters. The third-order valence-corrected chi connectivity index (χ3v) is 2.67. The quantitative estimate of drug-likeness (QED) is 0.831. The van der Waals surface area contributed by atoms with Crippen molar-refractivity contribution in [2.45, 2.75) is 12.6 Å². The van der Waals surface area contributed by atoms with Crippen LogP contribution in [0.2, 0.25) is 0 Å². The Bertz CT molecular complexity index is 318. The van der Waals surface area contributed by atoms with Gasteiger partial charge in [0.1, 0.15) is 0 Å². The minimum Gasteiger partial charge on any atom is -0.390 e. The number of aliphatic hydroxyl groups is 1. The molecule has 90 valence electrons. The van der Waals surface area contributed by atoms with Crippen LogP contribution in [-0.2, 0) is 6.54 Å². The lowest BCUT2D eigenvalue weighted by atomic mass is 10.2. The van der Waals surface area contributed by atoms with E-state index in [-0.39, 0.29) is 6.10 Å². The van der Waals surface area contributed by atoms with Crippen molar-refractivity contribution in [3.05, 3.63) is 34.3 Å². The number of aliphatic hydroxyl groups excluding tert-OH is 1. The van der Waals surface area contributed by atoms with E-state index in [2.05, 4.69) is 33.4 Å². The lowest BCUT2D eigenvalue weighted by molar-refractivity contribution is 0.134. The molecule has 1 aromatic rings. The van der Waals surface area contributed by atoms with E-state index < -0.39 is 0 Å². The molecule has 0 saturated heterocycles. The van der Waals surface area contributed by atoms with Crippen LogP contribution in [0.25, 0.3) is 0 Å². The Morgan fingerprint density at radius 1 is 1.44 bits per heavy atom. The van der Waals surface area contributed by atoms with Gasteiger partial charge < -0.3 is 15.3 Å². The maximum atomic E-state index is 9.64. The smallest absolute Gasteiger partial charge is 0.0791 e. The maximum absolute atomic E-state index is 9.64. The summed E-state index contributed by atoms with van der Waals surface area (Å²) < 4.78 is 1.08. The molecule has 0 aliphatic rings. The monoisotopic (exact) mass is 286 g/mol. The zero-order valence-corrected chi connectivity index (χ0v) is 11.4. The van der Waals surface area contributed by atoms with Gasteiger partial charge in [-0.15, -0.1) is 0 Å². The summed E-state index contributed by atoms with van der Waals surface area (Å²) in [5, 5.41) is 12.9. The molecule has 4 heteroatoms. The molecule has 0 aliphatic carbocycles. The molecule has 16 heavy (non-hydrogen) atoms. The molecule has 1 atom stereocenters. The molecular formula is C12H19BrN2O. The minimum absolute atomic E-state index is 0.317. The number of benzene rings is 1. The highest BCUT2D eigenvalue weighted by atomic mass is 79.9. The molecule has 0 aliphatic heterocycles. The number of nitrogens with zero attached hydrogens (tertiary/aromatic N) is 1. The van der Waals surface area contributed by atoms with Gasteiger partial charge in [0, 0.05) is 24.1 Å². The number of hydrogen-bond acceptors (Lipinski definition) is 3. The summed E-state index contributed by atoms with van der Waals surface area (Å²) in [4.78, 5) is 1.98. The van der Waals surface area contributed by atoms with Gasteiger partial charge in [-0.2, -0.15) is 0 Å². The largest absolute Gasteiger partial charge is 0.390 e. The van der Waals surface area contributed by atoms with E-state index in [0.717, 1.165) is 11.0 Å². The second-order valence-electron chi connectivity index (χ2n) is 4.18. The third-order valence-electron chi connectivity index (χ3n) is 2.17. The molecule has 0 fully saturated rings. The van der Waals surface area contributed by atoms with E-state index in [1.54, 1.807) is 0 Å². The van der Waals surface area contributed by atoms with Gasteiger partial charge in [0.2, 0.25) is 0 Å². The van der Waals surface area contributed by atoms with E-state index >= 15 is 0 Å². The predicted molar refractivity (Wildman–Crippen MR) is 70.4 cm³/mol. The molecule has 0 bridgehead atoms.